The normalized spacial score (nSPS) is 20.4. The number of rotatable bonds is 42. The molecule has 1 aliphatic heterocycles. The Labute approximate surface area is 361 Å². The number of carbonyl (C=O) groups is 1. The fourth-order valence-corrected chi connectivity index (χ4v) is 7.44. The van der Waals surface area contributed by atoms with E-state index in [2.05, 4.69) is 50.3 Å². The summed E-state index contributed by atoms with van der Waals surface area (Å²) in [6, 6.07) is 0. The zero-order valence-electron chi connectivity index (χ0n) is 38.0. The van der Waals surface area contributed by atoms with Gasteiger partial charge in [-0.05, 0) is 51.4 Å². The van der Waals surface area contributed by atoms with E-state index in [1.807, 2.05) is 0 Å². The lowest BCUT2D eigenvalue weighted by molar-refractivity contribution is -0.305. The summed E-state index contributed by atoms with van der Waals surface area (Å²) in [4.78, 5) is 12.8. The first-order chi connectivity index (χ1) is 28.9. The van der Waals surface area contributed by atoms with Crippen LogP contribution in [0.15, 0.2) is 36.5 Å². The van der Waals surface area contributed by atoms with E-state index in [0.717, 1.165) is 44.9 Å². The number of esters is 1. The van der Waals surface area contributed by atoms with Crippen LogP contribution in [-0.4, -0.2) is 89.6 Å². The molecule has 9 heteroatoms. The van der Waals surface area contributed by atoms with E-state index in [4.69, 9.17) is 18.9 Å². The van der Waals surface area contributed by atoms with Gasteiger partial charge in [-0.25, -0.2) is 0 Å². The maximum Gasteiger partial charge on any atom is 0.306 e. The quantitative estimate of drug-likeness (QED) is 0.0269. The number of allylic oxidation sites excluding steroid dienone is 6. The molecule has 0 radical (unpaired) electrons. The summed E-state index contributed by atoms with van der Waals surface area (Å²) in [6.07, 6.45) is 43.2. The van der Waals surface area contributed by atoms with E-state index in [1.165, 1.54) is 148 Å². The van der Waals surface area contributed by atoms with Gasteiger partial charge in [0.15, 0.2) is 6.29 Å². The number of unbranched alkanes of at least 4 members (excludes halogenated alkanes) is 25. The second-order valence-corrected chi connectivity index (χ2v) is 16.9. The molecule has 6 unspecified atom stereocenters. The van der Waals surface area contributed by atoms with Crippen molar-refractivity contribution in [1.29, 1.82) is 0 Å². The molecule has 0 aliphatic carbocycles. The second-order valence-electron chi connectivity index (χ2n) is 16.9. The standard InChI is InChI=1S/C50H92O9/c1-3-5-7-9-11-13-15-17-18-19-20-21-22-23-24-25-26-27-28-30-32-34-36-38-40-56-42-44(43-57-50-49(55)48(54)47(53)45(41-51)59-50)58-46(52)39-37-35-33-31-29-16-14-12-10-8-6-4-2/h15,17,19-20,22-23,44-45,47-51,53-55H,3-14,16,18,21,24-43H2,1-2H3/b17-15-,20-19-,23-22-. The summed E-state index contributed by atoms with van der Waals surface area (Å²) < 4.78 is 22.8. The van der Waals surface area contributed by atoms with Crippen molar-refractivity contribution in [1.82, 2.24) is 0 Å². The highest BCUT2D eigenvalue weighted by Crippen LogP contribution is 2.23. The molecule has 1 aliphatic rings. The first-order valence-electron chi connectivity index (χ1n) is 24.6. The van der Waals surface area contributed by atoms with Gasteiger partial charge in [0.05, 0.1) is 19.8 Å². The first kappa shape index (κ1) is 55.4. The van der Waals surface area contributed by atoms with Gasteiger partial charge in [0.2, 0.25) is 0 Å². The van der Waals surface area contributed by atoms with Gasteiger partial charge in [0, 0.05) is 13.0 Å². The topological polar surface area (TPSA) is 135 Å². The minimum absolute atomic E-state index is 0.113. The summed E-state index contributed by atoms with van der Waals surface area (Å²) in [5.41, 5.74) is 0. The van der Waals surface area contributed by atoms with Gasteiger partial charge in [-0.3, -0.25) is 4.79 Å². The Morgan fingerprint density at radius 3 is 1.47 bits per heavy atom. The van der Waals surface area contributed by atoms with Gasteiger partial charge in [-0.2, -0.15) is 0 Å². The minimum atomic E-state index is -1.54. The smallest absolute Gasteiger partial charge is 0.306 e. The van der Waals surface area contributed by atoms with E-state index in [0.29, 0.717) is 13.0 Å². The van der Waals surface area contributed by atoms with Crippen LogP contribution in [0.25, 0.3) is 0 Å². The Balaban J connectivity index is 2.19. The Morgan fingerprint density at radius 2 is 0.983 bits per heavy atom. The molecule has 0 saturated carbocycles. The molecule has 1 rings (SSSR count). The van der Waals surface area contributed by atoms with E-state index >= 15 is 0 Å². The van der Waals surface area contributed by atoms with Gasteiger partial charge >= 0.3 is 5.97 Å². The third-order valence-electron chi connectivity index (χ3n) is 11.3. The summed E-state index contributed by atoms with van der Waals surface area (Å²) in [5, 5.41) is 40.1. The summed E-state index contributed by atoms with van der Waals surface area (Å²) in [5.74, 6) is -0.315. The molecular formula is C50H92O9. The molecule has 0 amide bonds. The van der Waals surface area contributed by atoms with E-state index in [-0.39, 0.29) is 19.2 Å². The molecule has 59 heavy (non-hydrogen) atoms. The van der Waals surface area contributed by atoms with Crippen molar-refractivity contribution in [3.8, 4) is 0 Å². The lowest BCUT2D eigenvalue weighted by Crippen LogP contribution is -2.59. The molecule has 6 atom stereocenters. The predicted octanol–water partition coefficient (Wildman–Crippen LogP) is 11.5. The lowest BCUT2D eigenvalue weighted by Gasteiger charge is -2.39. The van der Waals surface area contributed by atoms with Crippen LogP contribution in [0.5, 0.6) is 0 Å². The van der Waals surface area contributed by atoms with Crippen molar-refractivity contribution in [2.75, 3.05) is 26.4 Å². The van der Waals surface area contributed by atoms with Gasteiger partial charge < -0.3 is 39.4 Å². The molecule has 1 fully saturated rings. The molecule has 4 N–H and O–H groups in total. The monoisotopic (exact) mass is 837 g/mol. The Morgan fingerprint density at radius 1 is 0.542 bits per heavy atom. The van der Waals surface area contributed by atoms with Crippen LogP contribution in [-0.2, 0) is 23.7 Å². The van der Waals surface area contributed by atoms with Crippen LogP contribution >= 0.6 is 0 Å². The van der Waals surface area contributed by atoms with Gasteiger partial charge in [-0.15, -0.1) is 0 Å². The largest absolute Gasteiger partial charge is 0.457 e. The summed E-state index contributed by atoms with van der Waals surface area (Å²) >= 11 is 0. The fourth-order valence-electron chi connectivity index (χ4n) is 7.44. The number of aliphatic hydroxyl groups is 4. The van der Waals surface area contributed by atoms with Crippen molar-refractivity contribution in [2.45, 2.75) is 250 Å². The number of hydrogen-bond acceptors (Lipinski definition) is 9. The minimum Gasteiger partial charge on any atom is -0.457 e. The third kappa shape index (κ3) is 32.7. The van der Waals surface area contributed by atoms with Crippen molar-refractivity contribution >= 4 is 5.97 Å². The van der Waals surface area contributed by atoms with Crippen LogP contribution in [0, 0.1) is 0 Å². The van der Waals surface area contributed by atoms with E-state index in [1.54, 1.807) is 0 Å². The number of carbonyl (C=O) groups excluding carboxylic acids is 1. The van der Waals surface area contributed by atoms with Crippen molar-refractivity contribution in [2.24, 2.45) is 0 Å². The molecule has 0 spiro atoms. The van der Waals surface area contributed by atoms with E-state index < -0.39 is 43.4 Å². The van der Waals surface area contributed by atoms with Crippen molar-refractivity contribution < 1.29 is 44.2 Å². The van der Waals surface area contributed by atoms with Crippen molar-refractivity contribution in [3.05, 3.63) is 36.5 Å². The highest BCUT2D eigenvalue weighted by atomic mass is 16.7. The zero-order valence-corrected chi connectivity index (χ0v) is 38.0. The maximum absolute atomic E-state index is 12.8. The Hall–Kier alpha value is -1.59. The fraction of sp³-hybridized carbons (Fsp3) is 0.860. The van der Waals surface area contributed by atoms with Gasteiger partial charge in [0.1, 0.15) is 30.5 Å². The molecular weight excluding hydrogens is 745 g/mol. The van der Waals surface area contributed by atoms with Gasteiger partial charge in [-0.1, -0.05) is 192 Å². The average molecular weight is 837 g/mol. The van der Waals surface area contributed by atoms with Crippen LogP contribution in [0.2, 0.25) is 0 Å². The first-order valence-corrected chi connectivity index (χ1v) is 24.6. The number of aliphatic hydroxyl groups excluding tert-OH is 4. The predicted molar refractivity (Wildman–Crippen MR) is 242 cm³/mol. The molecule has 0 aromatic rings. The molecule has 0 bridgehead atoms. The molecule has 0 aromatic carbocycles. The molecule has 0 aromatic heterocycles. The number of ether oxygens (including phenoxy) is 4. The highest BCUT2D eigenvalue weighted by molar-refractivity contribution is 5.69. The number of hydrogen-bond donors (Lipinski definition) is 4. The van der Waals surface area contributed by atoms with Crippen LogP contribution in [0.4, 0.5) is 0 Å². The van der Waals surface area contributed by atoms with Crippen LogP contribution in [0.3, 0.4) is 0 Å². The highest BCUT2D eigenvalue weighted by Gasteiger charge is 2.44. The molecule has 1 saturated heterocycles. The van der Waals surface area contributed by atoms with E-state index in [9.17, 15) is 25.2 Å². The SMILES string of the molecule is CCCCCCC/C=C\C/C=C\C/C=C\CCCCCCCCCCCOCC(COC1OC(CO)C(O)C(O)C1O)OC(=O)CCCCCCCCCCCCCC. The molecule has 9 nitrogen and oxygen atoms in total. The van der Waals surface area contributed by atoms with Crippen molar-refractivity contribution in [3.63, 3.8) is 0 Å². The molecule has 1 heterocycles. The zero-order chi connectivity index (χ0) is 42.9. The summed E-state index contributed by atoms with van der Waals surface area (Å²) in [7, 11) is 0. The summed E-state index contributed by atoms with van der Waals surface area (Å²) in [6.45, 7) is 4.55. The van der Waals surface area contributed by atoms with Gasteiger partial charge in [0.25, 0.3) is 0 Å². The lowest BCUT2D eigenvalue weighted by atomic mass is 9.99. The van der Waals surface area contributed by atoms with Crippen LogP contribution in [0.1, 0.15) is 213 Å². The molecule has 346 valence electrons. The Bertz CT molecular complexity index is 999. The van der Waals surface area contributed by atoms with Crippen LogP contribution < -0.4 is 0 Å². The second kappa shape index (κ2) is 41.7. The maximum atomic E-state index is 12.8. The third-order valence-corrected chi connectivity index (χ3v) is 11.3. The Kier molecular flexibility index (Phi) is 39.2. The average Bonchev–Trinajstić information content (AvgIpc) is 3.24.